The third-order valence-corrected chi connectivity index (χ3v) is 3.99. The Balaban J connectivity index is 2.53. The average Bonchev–Trinajstić information content (AvgIpc) is 2.09. The predicted molar refractivity (Wildman–Crippen MR) is 60.1 cm³/mol. The number of nitrogens with two attached hydrogens (primary N) is 1. The molecule has 0 saturated heterocycles. The molecule has 0 bridgehead atoms. The second kappa shape index (κ2) is 4.63. The molecule has 0 aromatic carbocycles. The number of hydrogen-bond donors (Lipinski definition) is 1. The Bertz CT molecular complexity index is 179. The van der Waals surface area contributed by atoms with Crippen LogP contribution in [0, 0.1) is 17.8 Å². The third kappa shape index (κ3) is 2.71. The molecule has 84 valence electrons. The summed E-state index contributed by atoms with van der Waals surface area (Å²) in [6.45, 7) is 7.51. The van der Waals surface area contributed by atoms with Gasteiger partial charge in [0.1, 0.15) is 0 Å². The predicted octanol–water partition coefficient (Wildman–Crippen LogP) is 2.42. The number of ether oxygens (including phenoxy) is 1. The molecule has 0 aromatic heterocycles. The molecule has 1 rings (SSSR count). The van der Waals surface area contributed by atoms with Gasteiger partial charge in [0.05, 0.1) is 6.61 Å². The fourth-order valence-corrected chi connectivity index (χ4v) is 2.58. The lowest BCUT2D eigenvalue weighted by atomic mass is 9.69. The molecule has 1 aliphatic rings. The molecule has 0 aromatic rings. The Morgan fingerprint density at radius 1 is 1.29 bits per heavy atom. The fraction of sp³-hybridized carbons (Fsp3) is 1.00. The quantitative estimate of drug-likeness (QED) is 0.757. The molecular weight excluding hydrogens is 174 g/mol. The van der Waals surface area contributed by atoms with Crippen LogP contribution in [-0.2, 0) is 4.74 Å². The normalized spacial score (nSPS) is 37.9. The average molecular weight is 199 g/mol. The minimum atomic E-state index is -0.136. The van der Waals surface area contributed by atoms with Gasteiger partial charge < -0.3 is 10.5 Å². The van der Waals surface area contributed by atoms with E-state index in [0.717, 1.165) is 11.8 Å². The molecule has 2 nitrogen and oxygen atoms in total. The summed E-state index contributed by atoms with van der Waals surface area (Å²) in [5, 5.41) is 0. The van der Waals surface area contributed by atoms with E-state index in [0.29, 0.717) is 12.5 Å². The molecule has 1 fully saturated rings. The van der Waals surface area contributed by atoms with Crippen molar-refractivity contribution in [2.75, 3.05) is 13.7 Å². The van der Waals surface area contributed by atoms with Crippen LogP contribution in [0.1, 0.15) is 40.0 Å². The molecule has 4 atom stereocenters. The SMILES string of the molecule is COCC(C)(N)C1CCC(C)C(C)C1. The lowest BCUT2D eigenvalue weighted by molar-refractivity contribution is 0.0674. The van der Waals surface area contributed by atoms with Crippen molar-refractivity contribution in [2.45, 2.75) is 45.6 Å². The molecule has 0 heterocycles. The van der Waals surface area contributed by atoms with Gasteiger partial charge in [-0.25, -0.2) is 0 Å². The van der Waals surface area contributed by atoms with Crippen molar-refractivity contribution < 1.29 is 4.74 Å². The van der Waals surface area contributed by atoms with E-state index in [1.807, 2.05) is 0 Å². The molecule has 14 heavy (non-hydrogen) atoms. The Kier molecular flexibility index (Phi) is 3.96. The van der Waals surface area contributed by atoms with Crippen LogP contribution in [0.2, 0.25) is 0 Å². The highest BCUT2D eigenvalue weighted by Crippen LogP contribution is 2.37. The summed E-state index contributed by atoms with van der Waals surface area (Å²) in [7, 11) is 1.74. The Labute approximate surface area is 88.2 Å². The van der Waals surface area contributed by atoms with E-state index in [9.17, 15) is 0 Å². The van der Waals surface area contributed by atoms with Gasteiger partial charge in [-0.3, -0.25) is 0 Å². The summed E-state index contributed by atoms with van der Waals surface area (Å²) in [5.41, 5.74) is 6.15. The molecule has 2 N–H and O–H groups in total. The Morgan fingerprint density at radius 2 is 1.93 bits per heavy atom. The van der Waals surface area contributed by atoms with E-state index in [1.165, 1.54) is 19.3 Å². The van der Waals surface area contributed by atoms with E-state index in [1.54, 1.807) is 7.11 Å². The zero-order chi connectivity index (χ0) is 10.8. The van der Waals surface area contributed by atoms with Crippen molar-refractivity contribution in [2.24, 2.45) is 23.5 Å². The van der Waals surface area contributed by atoms with Crippen LogP contribution in [0.25, 0.3) is 0 Å². The van der Waals surface area contributed by atoms with Crippen LogP contribution >= 0.6 is 0 Å². The van der Waals surface area contributed by atoms with Crippen molar-refractivity contribution in [1.82, 2.24) is 0 Å². The van der Waals surface area contributed by atoms with Crippen LogP contribution in [-0.4, -0.2) is 19.3 Å². The van der Waals surface area contributed by atoms with E-state index < -0.39 is 0 Å². The first-order valence-corrected chi connectivity index (χ1v) is 5.75. The van der Waals surface area contributed by atoms with Crippen LogP contribution in [0.15, 0.2) is 0 Å². The first-order valence-electron chi connectivity index (χ1n) is 5.75. The third-order valence-electron chi connectivity index (χ3n) is 3.99. The van der Waals surface area contributed by atoms with Gasteiger partial charge in [-0.05, 0) is 37.5 Å². The Hall–Kier alpha value is -0.0800. The standard InChI is InChI=1S/C12H25NO/c1-9-5-6-11(7-10(9)2)12(3,13)8-14-4/h9-11H,5-8,13H2,1-4H3. The van der Waals surface area contributed by atoms with Gasteiger partial charge in [0.2, 0.25) is 0 Å². The summed E-state index contributed by atoms with van der Waals surface area (Å²) in [5.74, 6) is 2.31. The summed E-state index contributed by atoms with van der Waals surface area (Å²) < 4.78 is 5.20. The van der Waals surface area contributed by atoms with Gasteiger partial charge in [0.15, 0.2) is 0 Å². The number of methoxy groups -OCH3 is 1. The van der Waals surface area contributed by atoms with Crippen LogP contribution in [0.4, 0.5) is 0 Å². The molecule has 1 saturated carbocycles. The molecule has 0 radical (unpaired) electrons. The molecule has 0 spiro atoms. The second-order valence-electron chi connectivity index (χ2n) is 5.40. The topological polar surface area (TPSA) is 35.2 Å². The fourth-order valence-electron chi connectivity index (χ4n) is 2.58. The molecule has 4 unspecified atom stereocenters. The minimum absolute atomic E-state index is 0.136. The van der Waals surface area contributed by atoms with Crippen molar-refractivity contribution in [3.63, 3.8) is 0 Å². The van der Waals surface area contributed by atoms with E-state index in [4.69, 9.17) is 10.5 Å². The van der Waals surface area contributed by atoms with E-state index in [-0.39, 0.29) is 5.54 Å². The van der Waals surface area contributed by atoms with Crippen molar-refractivity contribution in [1.29, 1.82) is 0 Å². The first kappa shape index (κ1) is 12.0. The van der Waals surface area contributed by atoms with Crippen molar-refractivity contribution in [3.05, 3.63) is 0 Å². The monoisotopic (exact) mass is 199 g/mol. The molecule has 0 aliphatic heterocycles. The van der Waals surface area contributed by atoms with Gasteiger partial charge in [0.25, 0.3) is 0 Å². The van der Waals surface area contributed by atoms with Gasteiger partial charge >= 0.3 is 0 Å². The molecule has 2 heteroatoms. The highest BCUT2D eigenvalue weighted by Gasteiger charge is 2.35. The van der Waals surface area contributed by atoms with Gasteiger partial charge in [-0.2, -0.15) is 0 Å². The van der Waals surface area contributed by atoms with Gasteiger partial charge in [0, 0.05) is 12.6 Å². The van der Waals surface area contributed by atoms with Crippen molar-refractivity contribution in [3.8, 4) is 0 Å². The molecule has 0 amide bonds. The highest BCUT2D eigenvalue weighted by atomic mass is 16.5. The summed E-state index contributed by atoms with van der Waals surface area (Å²) in [4.78, 5) is 0. The zero-order valence-corrected chi connectivity index (χ0v) is 10.0. The van der Waals surface area contributed by atoms with Gasteiger partial charge in [-0.15, -0.1) is 0 Å². The largest absolute Gasteiger partial charge is 0.383 e. The van der Waals surface area contributed by atoms with E-state index >= 15 is 0 Å². The minimum Gasteiger partial charge on any atom is -0.383 e. The number of rotatable bonds is 3. The van der Waals surface area contributed by atoms with Crippen molar-refractivity contribution >= 4 is 0 Å². The smallest absolute Gasteiger partial charge is 0.0642 e. The zero-order valence-electron chi connectivity index (χ0n) is 10.0. The van der Waals surface area contributed by atoms with Crippen LogP contribution in [0.5, 0.6) is 0 Å². The first-order chi connectivity index (χ1) is 6.47. The second-order valence-corrected chi connectivity index (χ2v) is 5.40. The lowest BCUT2D eigenvalue weighted by Gasteiger charge is -2.40. The maximum Gasteiger partial charge on any atom is 0.0642 e. The summed E-state index contributed by atoms with van der Waals surface area (Å²) >= 11 is 0. The molecule has 1 aliphatic carbocycles. The molecular formula is C12H25NO. The summed E-state index contributed by atoms with van der Waals surface area (Å²) in [6.07, 6.45) is 3.85. The Morgan fingerprint density at radius 3 is 2.43 bits per heavy atom. The summed E-state index contributed by atoms with van der Waals surface area (Å²) in [6, 6.07) is 0. The van der Waals surface area contributed by atoms with Crippen LogP contribution in [0.3, 0.4) is 0 Å². The number of hydrogen-bond acceptors (Lipinski definition) is 2. The highest BCUT2D eigenvalue weighted by molar-refractivity contribution is 4.91. The van der Waals surface area contributed by atoms with Gasteiger partial charge in [-0.1, -0.05) is 20.3 Å². The van der Waals surface area contributed by atoms with E-state index in [2.05, 4.69) is 20.8 Å². The maximum absolute atomic E-state index is 6.28. The lowest BCUT2D eigenvalue weighted by Crippen LogP contribution is -2.50. The maximum atomic E-state index is 6.28. The van der Waals surface area contributed by atoms with Crippen LogP contribution < -0.4 is 5.73 Å².